The third-order valence-corrected chi connectivity index (χ3v) is 2.29. The molecule has 0 spiro atoms. The Morgan fingerprint density at radius 3 is 2.50 bits per heavy atom. The summed E-state index contributed by atoms with van der Waals surface area (Å²) in [6.07, 6.45) is -0.398. The second-order valence-corrected chi connectivity index (χ2v) is 4.25. The fraction of sp³-hybridized carbons (Fsp3) is 0.700. The van der Waals surface area contributed by atoms with E-state index < -0.39 is 30.1 Å². The zero-order valence-corrected chi connectivity index (χ0v) is 9.30. The molecule has 1 rings (SSSR count). The number of hydrogen-bond donors (Lipinski definition) is 2. The van der Waals surface area contributed by atoms with Crippen LogP contribution in [0.25, 0.3) is 0 Å². The Hall–Kier alpha value is -1.43. The molecule has 2 amide bonds. The summed E-state index contributed by atoms with van der Waals surface area (Å²) in [6.45, 7) is 3.84. The van der Waals surface area contributed by atoms with Crippen molar-refractivity contribution >= 4 is 18.1 Å². The SMILES string of the molecule is CC(C)CC(NC(=O)[C@H]1O[C@@H]1C=O)C(N)=O. The molecule has 0 aliphatic carbocycles. The first-order valence-electron chi connectivity index (χ1n) is 5.16. The van der Waals surface area contributed by atoms with Crippen LogP contribution in [0.2, 0.25) is 0 Å². The standard InChI is InChI=1S/C10H16N2O4/c1-5(2)3-6(9(11)14)12-10(15)8-7(4-13)16-8/h4-8H,3H2,1-2H3,(H2,11,14)(H,12,15)/t6?,7-,8+/m1/s1. The number of epoxide rings is 1. The number of rotatable bonds is 6. The van der Waals surface area contributed by atoms with E-state index in [9.17, 15) is 14.4 Å². The number of hydrogen-bond acceptors (Lipinski definition) is 4. The van der Waals surface area contributed by atoms with Crippen molar-refractivity contribution in [2.45, 2.75) is 38.5 Å². The van der Waals surface area contributed by atoms with Gasteiger partial charge in [0.1, 0.15) is 12.1 Å². The number of nitrogens with one attached hydrogen (secondary N) is 1. The molecule has 1 unspecified atom stereocenters. The van der Waals surface area contributed by atoms with E-state index in [2.05, 4.69) is 5.32 Å². The maximum absolute atomic E-state index is 11.5. The Morgan fingerprint density at radius 1 is 1.50 bits per heavy atom. The van der Waals surface area contributed by atoms with Crippen molar-refractivity contribution in [2.24, 2.45) is 11.7 Å². The molecule has 0 aromatic carbocycles. The molecule has 1 aliphatic rings. The van der Waals surface area contributed by atoms with Gasteiger partial charge in [-0.2, -0.15) is 0 Å². The van der Waals surface area contributed by atoms with Crippen LogP contribution in [0.15, 0.2) is 0 Å². The van der Waals surface area contributed by atoms with Crippen molar-refractivity contribution in [3.05, 3.63) is 0 Å². The maximum Gasteiger partial charge on any atom is 0.253 e. The molecule has 1 saturated heterocycles. The van der Waals surface area contributed by atoms with Gasteiger partial charge in [-0.05, 0) is 12.3 Å². The quantitative estimate of drug-likeness (QED) is 0.448. The van der Waals surface area contributed by atoms with E-state index in [0.29, 0.717) is 12.7 Å². The van der Waals surface area contributed by atoms with Crippen molar-refractivity contribution in [3.63, 3.8) is 0 Å². The minimum atomic E-state index is -0.758. The molecule has 6 nitrogen and oxygen atoms in total. The number of carbonyl (C=O) groups excluding carboxylic acids is 3. The third-order valence-electron chi connectivity index (χ3n) is 2.29. The highest BCUT2D eigenvalue weighted by molar-refractivity contribution is 5.92. The Bertz CT molecular complexity index is 303. The van der Waals surface area contributed by atoms with Gasteiger partial charge in [0.2, 0.25) is 5.91 Å². The van der Waals surface area contributed by atoms with E-state index in [1.54, 1.807) is 0 Å². The average Bonchev–Trinajstić information content (AvgIpc) is 2.94. The number of primary amides is 1. The fourth-order valence-corrected chi connectivity index (χ4v) is 1.41. The van der Waals surface area contributed by atoms with Gasteiger partial charge < -0.3 is 20.6 Å². The molecule has 6 heteroatoms. The average molecular weight is 228 g/mol. The van der Waals surface area contributed by atoms with Crippen molar-refractivity contribution in [3.8, 4) is 0 Å². The Balaban J connectivity index is 2.46. The first-order valence-corrected chi connectivity index (χ1v) is 5.16. The molecule has 1 heterocycles. The molecule has 1 fully saturated rings. The molecule has 0 aromatic heterocycles. The molecular formula is C10H16N2O4. The Kier molecular flexibility index (Phi) is 4.00. The predicted octanol–water partition coefficient (Wildman–Crippen LogP) is -1.03. The maximum atomic E-state index is 11.5. The molecular weight excluding hydrogens is 212 g/mol. The van der Waals surface area contributed by atoms with E-state index in [0.717, 1.165) is 0 Å². The van der Waals surface area contributed by atoms with Crippen molar-refractivity contribution in [1.82, 2.24) is 5.32 Å². The second-order valence-electron chi connectivity index (χ2n) is 4.25. The van der Waals surface area contributed by atoms with Gasteiger partial charge in [0.05, 0.1) is 0 Å². The lowest BCUT2D eigenvalue weighted by Crippen LogP contribution is -2.47. The molecule has 0 bridgehead atoms. The van der Waals surface area contributed by atoms with Crippen LogP contribution in [0.3, 0.4) is 0 Å². The molecule has 1 aliphatic heterocycles. The van der Waals surface area contributed by atoms with Gasteiger partial charge in [-0.15, -0.1) is 0 Å². The first kappa shape index (κ1) is 12.6. The van der Waals surface area contributed by atoms with Crippen LogP contribution in [0.1, 0.15) is 20.3 Å². The summed E-state index contributed by atoms with van der Waals surface area (Å²) in [6, 6.07) is -0.705. The molecule has 3 N–H and O–H groups in total. The number of nitrogens with two attached hydrogens (primary N) is 1. The number of aldehydes is 1. The molecule has 0 radical (unpaired) electrons. The summed E-state index contributed by atoms with van der Waals surface area (Å²) in [4.78, 5) is 32.8. The van der Waals surface area contributed by atoms with Gasteiger partial charge in [0.15, 0.2) is 12.4 Å². The summed E-state index contributed by atoms with van der Waals surface area (Å²) in [5, 5.41) is 2.48. The highest BCUT2D eigenvalue weighted by Crippen LogP contribution is 2.20. The third kappa shape index (κ3) is 3.30. The summed E-state index contributed by atoms with van der Waals surface area (Å²) < 4.78 is 4.78. The first-order chi connectivity index (χ1) is 7.45. The van der Waals surface area contributed by atoms with Gasteiger partial charge >= 0.3 is 0 Å². The molecule has 3 atom stereocenters. The molecule has 16 heavy (non-hydrogen) atoms. The second kappa shape index (κ2) is 5.07. The van der Waals surface area contributed by atoms with Crippen molar-refractivity contribution in [2.75, 3.05) is 0 Å². The smallest absolute Gasteiger partial charge is 0.253 e. The Labute approximate surface area is 93.5 Å². The van der Waals surface area contributed by atoms with Crippen LogP contribution in [-0.2, 0) is 19.1 Å². The largest absolute Gasteiger partial charge is 0.368 e. The lowest BCUT2D eigenvalue weighted by Gasteiger charge is -2.16. The minimum absolute atomic E-state index is 0.236. The number of amides is 2. The van der Waals surface area contributed by atoms with Gasteiger partial charge in [-0.3, -0.25) is 9.59 Å². The van der Waals surface area contributed by atoms with Crippen LogP contribution in [0.4, 0.5) is 0 Å². The van der Waals surface area contributed by atoms with E-state index in [1.165, 1.54) is 0 Å². The molecule has 0 saturated carbocycles. The van der Waals surface area contributed by atoms with Crippen LogP contribution in [0, 0.1) is 5.92 Å². The summed E-state index contributed by atoms with van der Waals surface area (Å²) in [5.74, 6) is -0.799. The summed E-state index contributed by atoms with van der Waals surface area (Å²) in [5.41, 5.74) is 5.16. The van der Waals surface area contributed by atoms with Crippen LogP contribution in [0.5, 0.6) is 0 Å². The fourth-order valence-electron chi connectivity index (χ4n) is 1.41. The van der Waals surface area contributed by atoms with Gasteiger partial charge in [-0.25, -0.2) is 0 Å². The topological polar surface area (TPSA) is 102 Å². The van der Waals surface area contributed by atoms with E-state index in [1.807, 2.05) is 13.8 Å². The van der Waals surface area contributed by atoms with Crippen LogP contribution in [-0.4, -0.2) is 36.4 Å². The molecule has 90 valence electrons. The van der Waals surface area contributed by atoms with Gasteiger partial charge in [-0.1, -0.05) is 13.8 Å². The highest BCUT2D eigenvalue weighted by atomic mass is 16.6. The lowest BCUT2D eigenvalue weighted by atomic mass is 10.0. The van der Waals surface area contributed by atoms with E-state index in [-0.39, 0.29) is 5.92 Å². The minimum Gasteiger partial charge on any atom is -0.368 e. The highest BCUT2D eigenvalue weighted by Gasteiger charge is 2.45. The summed E-state index contributed by atoms with van der Waals surface area (Å²) >= 11 is 0. The normalized spacial score (nSPS) is 24.9. The van der Waals surface area contributed by atoms with Crippen molar-refractivity contribution < 1.29 is 19.1 Å². The van der Waals surface area contributed by atoms with Gasteiger partial charge in [0, 0.05) is 0 Å². The zero-order valence-electron chi connectivity index (χ0n) is 9.30. The number of carbonyl (C=O) groups is 3. The van der Waals surface area contributed by atoms with E-state index >= 15 is 0 Å². The predicted molar refractivity (Wildman–Crippen MR) is 55.3 cm³/mol. The van der Waals surface area contributed by atoms with Crippen LogP contribution >= 0.6 is 0 Å². The number of ether oxygens (including phenoxy) is 1. The Morgan fingerprint density at radius 2 is 2.12 bits per heavy atom. The molecule has 0 aromatic rings. The summed E-state index contributed by atoms with van der Waals surface area (Å²) in [7, 11) is 0. The van der Waals surface area contributed by atoms with Gasteiger partial charge in [0.25, 0.3) is 5.91 Å². The lowest BCUT2D eigenvalue weighted by molar-refractivity contribution is -0.128. The van der Waals surface area contributed by atoms with E-state index in [4.69, 9.17) is 10.5 Å². The zero-order chi connectivity index (χ0) is 12.3. The van der Waals surface area contributed by atoms with Crippen molar-refractivity contribution in [1.29, 1.82) is 0 Å². The van der Waals surface area contributed by atoms with Crippen LogP contribution < -0.4 is 11.1 Å². The monoisotopic (exact) mass is 228 g/mol.